The minimum atomic E-state index is -1.05. The van der Waals surface area contributed by atoms with Crippen molar-refractivity contribution in [3.05, 3.63) is 76.1 Å². The van der Waals surface area contributed by atoms with Gasteiger partial charge in [0.25, 0.3) is 5.56 Å². The van der Waals surface area contributed by atoms with E-state index in [1.807, 2.05) is 30.3 Å². The summed E-state index contributed by atoms with van der Waals surface area (Å²) < 4.78 is 6.29. The Labute approximate surface area is 172 Å². The molecule has 3 rings (SSSR count). The van der Waals surface area contributed by atoms with E-state index in [2.05, 4.69) is 10.4 Å². The lowest BCUT2D eigenvalue weighted by Crippen LogP contribution is -2.29. The number of ether oxygens (including phenoxy) is 1. The fraction of sp³-hybridized carbons (Fsp3) is 0.182. The lowest BCUT2D eigenvalue weighted by atomic mass is 10.0. The third kappa shape index (κ3) is 4.28. The number of carboxylic acids is 1. The van der Waals surface area contributed by atoms with Crippen LogP contribution in [0.2, 0.25) is 0 Å². The maximum atomic E-state index is 13.0. The number of hydrogen-bond acceptors (Lipinski definition) is 6. The minimum absolute atomic E-state index is 0.0656. The number of benzene rings is 2. The van der Waals surface area contributed by atoms with Gasteiger partial charge in [-0.3, -0.25) is 9.59 Å². The Kier molecular flexibility index (Phi) is 6.38. The number of Topliss-reactive ketones (excluding diaryl/α,β-unsaturated/α-hetero) is 1. The lowest BCUT2D eigenvalue weighted by Gasteiger charge is -2.17. The van der Waals surface area contributed by atoms with E-state index in [0.717, 1.165) is 0 Å². The Bertz CT molecular complexity index is 1120. The van der Waals surface area contributed by atoms with E-state index in [-0.39, 0.29) is 23.4 Å². The van der Waals surface area contributed by atoms with E-state index in [0.29, 0.717) is 23.5 Å². The number of hydrogen-bond donors (Lipinski definition) is 2. The highest BCUT2D eigenvalue weighted by molar-refractivity contribution is 6.07. The quantitative estimate of drug-likeness (QED) is 0.552. The Balaban J connectivity index is 2.22. The molecule has 0 spiro atoms. The van der Waals surface area contributed by atoms with Crippen LogP contribution in [0.1, 0.15) is 27.6 Å². The van der Waals surface area contributed by atoms with Crippen LogP contribution in [0.15, 0.2) is 59.4 Å². The molecule has 0 aliphatic heterocycles. The summed E-state index contributed by atoms with van der Waals surface area (Å²) in [5.74, 6) is -1.45. The number of methoxy groups -OCH3 is 1. The van der Waals surface area contributed by atoms with Crippen molar-refractivity contribution in [1.82, 2.24) is 9.78 Å². The number of ketones is 1. The fourth-order valence-corrected chi connectivity index (χ4v) is 3.01. The molecule has 8 heteroatoms. The molecule has 0 radical (unpaired) electrons. The summed E-state index contributed by atoms with van der Waals surface area (Å²) >= 11 is 0. The van der Waals surface area contributed by atoms with Gasteiger partial charge in [0.15, 0.2) is 5.78 Å². The zero-order chi connectivity index (χ0) is 21.7. The number of rotatable bonds is 8. The van der Waals surface area contributed by atoms with Crippen molar-refractivity contribution in [3.8, 4) is 11.3 Å². The average molecular weight is 407 g/mol. The van der Waals surface area contributed by atoms with Gasteiger partial charge in [0, 0.05) is 24.9 Å². The summed E-state index contributed by atoms with van der Waals surface area (Å²) in [4.78, 5) is 37.0. The van der Waals surface area contributed by atoms with Crippen LogP contribution in [0.3, 0.4) is 0 Å². The molecule has 2 aromatic carbocycles. The zero-order valence-electron chi connectivity index (χ0n) is 16.6. The van der Waals surface area contributed by atoms with Gasteiger partial charge in [-0.2, -0.15) is 5.10 Å². The van der Waals surface area contributed by atoms with Crippen molar-refractivity contribution in [3.63, 3.8) is 0 Å². The first kappa shape index (κ1) is 20.9. The van der Waals surface area contributed by atoms with Crippen molar-refractivity contribution < 1.29 is 19.4 Å². The van der Waals surface area contributed by atoms with Crippen molar-refractivity contribution in [1.29, 1.82) is 0 Å². The van der Waals surface area contributed by atoms with Gasteiger partial charge in [-0.1, -0.05) is 30.3 Å². The van der Waals surface area contributed by atoms with Crippen molar-refractivity contribution in [2.24, 2.45) is 0 Å². The van der Waals surface area contributed by atoms with E-state index < -0.39 is 17.3 Å². The highest BCUT2D eigenvalue weighted by Gasteiger charge is 2.24. The third-order valence-electron chi connectivity index (χ3n) is 4.46. The number of carboxylic acid groups (broad SMARTS) is 1. The molecule has 0 amide bonds. The van der Waals surface area contributed by atoms with E-state index in [4.69, 9.17) is 9.84 Å². The van der Waals surface area contributed by atoms with E-state index in [1.54, 1.807) is 6.92 Å². The Hall–Kier alpha value is -3.78. The van der Waals surface area contributed by atoms with Crippen LogP contribution >= 0.6 is 0 Å². The number of aromatic nitrogens is 2. The van der Waals surface area contributed by atoms with Gasteiger partial charge in [-0.15, -0.1) is 0 Å². The van der Waals surface area contributed by atoms with E-state index in [9.17, 15) is 14.4 Å². The highest BCUT2D eigenvalue weighted by Crippen LogP contribution is 2.28. The summed E-state index contributed by atoms with van der Waals surface area (Å²) in [6, 6.07) is 15.0. The van der Waals surface area contributed by atoms with Crippen molar-refractivity contribution in [2.45, 2.75) is 13.5 Å². The predicted molar refractivity (Wildman–Crippen MR) is 112 cm³/mol. The van der Waals surface area contributed by atoms with Crippen molar-refractivity contribution >= 4 is 23.1 Å². The monoisotopic (exact) mass is 407 g/mol. The second-order valence-electron chi connectivity index (χ2n) is 6.45. The second-order valence-corrected chi connectivity index (χ2v) is 6.45. The maximum absolute atomic E-state index is 13.0. The first-order chi connectivity index (χ1) is 14.5. The maximum Gasteiger partial charge on any atom is 0.335 e. The van der Waals surface area contributed by atoms with Gasteiger partial charge >= 0.3 is 5.97 Å². The van der Waals surface area contributed by atoms with Crippen LogP contribution in [0.5, 0.6) is 0 Å². The molecule has 0 unspecified atom stereocenters. The van der Waals surface area contributed by atoms with E-state index in [1.165, 1.54) is 36.1 Å². The molecule has 0 saturated carbocycles. The van der Waals surface area contributed by atoms with E-state index >= 15 is 0 Å². The molecule has 0 bridgehead atoms. The number of anilines is 2. The second kappa shape index (κ2) is 9.15. The van der Waals surface area contributed by atoms with Crippen LogP contribution in [0.25, 0.3) is 11.3 Å². The topological polar surface area (TPSA) is 111 Å². The third-order valence-corrected chi connectivity index (χ3v) is 4.46. The smallest absolute Gasteiger partial charge is 0.335 e. The Morgan fingerprint density at radius 3 is 2.33 bits per heavy atom. The average Bonchev–Trinajstić information content (AvgIpc) is 2.76. The molecule has 3 aromatic rings. The van der Waals surface area contributed by atoms with Crippen LogP contribution in [-0.2, 0) is 11.3 Å². The molecule has 8 nitrogen and oxygen atoms in total. The zero-order valence-corrected chi connectivity index (χ0v) is 16.6. The summed E-state index contributed by atoms with van der Waals surface area (Å²) in [6.45, 7) is 1.87. The molecular formula is C22H21N3O5. The number of carbonyl (C=O) groups excluding carboxylic acids is 1. The molecular weight excluding hydrogens is 386 g/mol. The van der Waals surface area contributed by atoms with Crippen molar-refractivity contribution in [2.75, 3.05) is 19.0 Å². The van der Waals surface area contributed by atoms with Crippen LogP contribution in [-0.4, -0.2) is 40.4 Å². The normalized spacial score (nSPS) is 10.6. The number of carbonyl (C=O) groups is 2. The molecule has 1 heterocycles. The first-order valence-corrected chi connectivity index (χ1v) is 9.29. The molecule has 30 heavy (non-hydrogen) atoms. The summed E-state index contributed by atoms with van der Waals surface area (Å²) in [7, 11) is 1.40. The lowest BCUT2D eigenvalue weighted by molar-refractivity contribution is 0.0696. The number of nitrogens with one attached hydrogen (secondary N) is 1. The van der Waals surface area contributed by atoms with Crippen LogP contribution in [0, 0.1) is 0 Å². The summed E-state index contributed by atoms with van der Waals surface area (Å²) in [5, 5.41) is 16.5. The SMILES string of the molecule is CCn1nc(-c2ccccc2)c(C(=O)COC)c(Nc2ccc(C(=O)O)cc2)c1=O. The molecule has 0 aliphatic carbocycles. The summed E-state index contributed by atoms with van der Waals surface area (Å²) in [5.41, 5.74) is 1.36. The molecule has 2 N–H and O–H groups in total. The van der Waals surface area contributed by atoms with Gasteiger partial charge in [0.2, 0.25) is 0 Å². The predicted octanol–water partition coefficient (Wildman–Crippen LogP) is 3.20. The number of aromatic carboxylic acids is 1. The summed E-state index contributed by atoms with van der Waals surface area (Å²) in [6.07, 6.45) is 0. The van der Waals surface area contributed by atoms with Gasteiger partial charge in [0.05, 0.1) is 11.1 Å². The molecule has 0 fully saturated rings. The largest absolute Gasteiger partial charge is 0.478 e. The van der Waals surface area contributed by atoms with Crippen LogP contribution < -0.4 is 10.9 Å². The standard InChI is InChI=1S/C22H21N3O5/c1-3-25-21(27)20(23-16-11-9-15(10-12-16)22(28)29)18(17(26)13-30-2)19(24-25)14-7-5-4-6-8-14/h4-12,23H,3,13H2,1-2H3,(H,28,29). The highest BCUT2D eigenvalue weighted by atomic mass is 16.5. The molecule has 1 aromatic heterocycles. The van der Waals surface area contributed by atoms with Gasteiger partial charge < -0.3 is 15.2 Å². The number of nitrogens with zero attached hydrogens (tertiary/aromatic N) is 2. The molecule has 0 aliphatic rings. The minimum Gasteiger partial charge on any atom is -0.478 e. The molecule has 154 valence electrons. The van der Waals surface area contributed by atoms with Crippen LogP contribution in [0.4, 0.5) is 11.4 Å². The Morgan fingerprint density at radius 2 is 1.77 bits per heavy atom. The Morgan fingerprint density at radius 1 is 1.10 bits per heavy atom. The van der Waals surface area contributed by atoms with Gasteiger partial charge in [-0.05, 0) is 31.2 Å². The van der Waals surface area contributed by atoms with Gasteiger partial charge in [0.1, 0.15) is 18.0 Å². The van der Waals surface area contributed by atoms with Gasteiger partial charge in [-0.25, -0.2) is 9.48 Å². The fourth-order valence-electron chi connectivity index (χ4n) is 3.01. The molecule has 0 atom stereocenters. The molecule has 0 saturated heterocycles. The number of aryl methyl sites for hydroxylation is 1. The first-order valence-electron chi connectivity index (χ1n) is 9.29.